The van der Waals surface area contributed by atoms with E-state index in [1.165, 1.54) is 0 Å². The van der Waals surface area contributed by atoms with Crippen LogP contribution in [0, 0.1) is 0 Å². The molecule has 0 fully saturated rings. The number of tetrazole rings is 1. The van der Waals surface area contributed by atoms with Crippen LogP contribution in [-0.2, 0) is 6.54 Å². The van der Waals surface area contributed by atoms with Crippen molar-refractivity contribution in [2.24, 2.45) is 0 Å². The topological polar surface area (TPSA) is 55.6 Å². The molecule has 0 saturated heterocycles. The standard InChI is InChI=1S/C17H17Cl2N5S/c18-14-8-7-13(16(19)11-14)12-20-9-4-10-25-17-21-22-23-24(17)15-5-2-1-3-6-15/h1-3,5-8,11,20H,4,9-10,12H2. The predicted octanol–water partition coefficient (Wildman–Crippen LogP) is 4.24. The molecule has 5 nitrogen and oxygen atoms in total. The molecule has 1 aromatic heterocycles. The van der Waals surface area contributed by atoms with Crippen LogP contribution in [0.3, 0.4) is 0 Å². The molecule has 0 aliphatic heterocycles. The van der Waals surface area contributed by atoms with E-state index in [0.29, 0.717) is 10.0 Å². The minimum atomic E-state index is 0.654. The molecule has 0 amide bonds. The van der Waals surface area contributed by atoms with Crippen molar-refractivity contribution in [2.45, 2.75) is 18.1 Å². The van der Waals surface area contributed by atoms with Crippen LogP contribution in [0.25, 0.3) is 5.69 Å². The van der Waals surface area contributed by atoms with Crippen LogP contribution >= 0.6 is 35.0 Å². The van der Waals surface area contributed by atoms with Gasteiger partial charge in [0.1, 0.15) is 0 Å². The lowest BCUT2D eigenvalue weighted by molar-refractivity contribution is 0.678. The third-order valence-corrected chi connectivity index (χ3v) is 5.09. The van der Waals surface area contributed by atoms with E-state index in [1.54, 1.807) is 22.5 Å². The van der Waals surface area contributed by atoms with Gasteiger partial charge < -0.3 is 5.32 Å². The summed E-state index contributed by atoms with van der Waals surface area (Å²) in [4.78, 5) is 0. The summed E-state index contributed by atoms with van der Waals surface area (Å²) in [5.74, 6) is 0.925. The molecule has 3 aromatic rings. The van der Waals surface area contributed by atoms with E-state index >= 15 is 0 Å². The Hall–Kier alpha value is -1.60. The fourth-order valence-corrected chi connectivity index (χ4v) is 3.55. The van der Waals surface area contributed by atoms with Gasteiger partial charge in [-0.2, -0.15) is 4.68 Å². The number of halogens is 2. The maximum atomic E-state index is 6.16. The van der Waals surface area contributed by atoms with Gasteiger partial charge in [-0.05, 0) is 53.2 Å². The molecule has 8 heteroatoms. The lowest BCUT2D eigenvalue weighted by Crippen LogP contribution is -2.15. The van der Waals surface area contributed by atoms with Crippen LogP contribution in [0.15, 0.2) is 53.7 Å². The van der Waals surface area contributed by atoms with Crippen LogP contribution in [0.2, 0.25) is 10.0 Å². The summed E-state index contributed by atoms with van der Waals surface area (Å²) in [6.45, 7) is 1.61. The minimum absolute atomic E-state index is 0.654. The Morgan fingerprint density at radius 1 is 1.08 bits per heavy atom. The van der Waals surface area contributed by atoms with Gasteiger partial charge in [-0.15, -0.1) is 5.10 Å². The third-order valence-electron chi connectivity index (χ3n) is 3.50. The van der Waals surface area contributed by atoms with Gasteiger partial charge in [0.15, 0.2) is 0 Å². The highest BCUT2D eigenvalue weighted by molar-refractivity contribution is 7.99. The molecule has 1 N–H and O–H groups in total. The highest BCUT2D eigenvalue weighted by atomic mass is 35.5. The first kappa shape index (κ1) is 18.2. The van der Waals surface area contributed by atoms with Crippen LogP contribution in [0.5, 0.6) is 0 Å². The average Bonchev–Trinajstić information content (AvgIpc) is 3.09. The first-order chi connectivity index (χ1) is 12.2. The van der Waals surface area contributed by atoms with Gasteiger partial charge in [-0.3, -0.25) is 0 Å². The van der Waals surface area contributed by atoms with Crippen molar-refractivity contribution in [3.63, 3.8) is 0 Å². The van der Waals surface area contributed by atoms with E-state index in [4.69, 9.17) is 23.2 Å². The van der Waals surface area contributed by atoms with Gasteiger partial charge in [0.25, 0.3) is 0 Å². The van der Waals surface area contributed by atoms with E-state index < -0.39 is 0 Å². The van der Waals surface area contributed by atoms with Crippen molar-refractivity contribution in [2.75, 3.05) is 12.3 Å². The summed E-state index contributed by atoms with van der Waals surface area (Å²) in [6.07, 6.45) is 0.998. The number of thioether (sulfide) groups is 1. The number of hydrogen-bond acceptors (Lipinski definition) is 5. The molecule has 0 atom stereocenters. The largest absolute Gasteiger partial charge is 0.313 e. The molecule has 25 heavy (non-hydrogen) atoms. The highest BCUT2D eigenvalue weighted by Gasteiger charge is 2.08. The SMILES string of the molecule is Clc1ccc(CNCCCSc2nnnn2-c2ccccc2)c(Cl)c1. The number of aromatic nitrogens is 4. The number of para-hydroxylation sites is 1. The molecule has 0 spiro atoms. The maximum absolute atomic E-state index is 6.16. The van der Waals surface area contributed by atoms with Crippen LogP contribution < -0.4 is 5.32 Å². The smallest absolute Gasteiger partial charge is 0.214 e. The van der Waals surface area contributed by atoms with Gasteiger partial charge in [0.2, 0.25) is 5.16 Å². The summed E-state index contributed by atoms with van der Waals surface area (Å²) in [5, 5.41) is 17.4. The Labute approximate surface area is 160 Å². The van der Waals surface area contributed by atoms with Crippen molar-refractivity contribution < 1.29 is 0 Å². The summed E-state index contributed by atoms with van der Waals surface area (Å²) in [5.41, 5.74) is 2.01. The molecule has 0 saturated carbocycles. The fraction of sp³-hybridized carbons (Fsp3) is 0.235. The number of benzene rings is 2. The maximum Gasteiger partial charge on any atom is 0.214 e. The first-order valence-electron chi connectivity index (χ1n) is 7.85. The second-order valence-electron chi connectivity index (χ2n) is 5.32. The Balaban J connectivity index is 1.42. The lowest BCUT2D eigenvalue weighted by atomic mass is 10.2. The number of rotatable bonds is 8. The average molecular weight is 394 g/mol. The fourth-order valence-electron chi connectivity index (χ4n) is 2.25. The summed E-state index contributed by atoms with van der Waals surface area (Å²) in [6, 6.07) is 15.4. The van der Waals surface area contributed by atoms with E-state index in [1.807, 2.05) is 42.5 Å². The summed E-state index contributed by atoms with van der Waals surface area (Å²) < 4.78 is 1.76. The van der Waals surface area contributed by atoms with Crippen molar-refractivity contribution in [3.05, 3.63) is 64.1 Å². The van der Waals surface area contributed by atoms with E-state index in [9.17, 15) is 0 Å². The van der Waals surface area contributed by atoms with Gasteiger partial charge in [0, 0.05) is 22.3 Å². The zero-order chi connectivity index (χ0) is 17.5. The van der Waals surface area contributed by atoms with Gasteiger partial charge in [-0.1, -0.05) is 59.2 Å². The minimum Gasteiger partial charge on any atom is -0.313 e. The highest BCUT2D eigenvalue weighted by Crippen LogP contribution is 2.21. The van der Waals surface area contributed by atoms with E-state index in [2.05, 4.69) is 20.8 Å². The molecular weight excluding hydrogens is 377 g/mol. The van der Waals surface area contributed by atoms with Gasteiger partial charge >= 0.3 is 0 Å². The molecule has 130 valence electrons. The number of nitrogens with one attached hydrogen (secondary N) is 1. The zero-order valence-corrected chi connectivity index (χ0v) is 15.7. The molecule has 1 heterocycles. The molecule has 0 aliphatic rings. The van der Waals surface area contributed by atoms with E-state index in [-0.39, 0.29) is 0 Å². The lowest BCUT2D eigenvalue weighted by Gasteiger charge is -2.07. The van der Waals surface area contributed by atoms with E-state index in [0.717, 1.165) is 41.7 Å². The molecule has 2 aromatic carbocycles. The normalized spacial score (nSPS) is 11.0. The quantitative estimate of drug-likeness (QED) is 0.458. The molecule has 3 rings (SSSR count). The van der Waals surface area contributed by atoms with Crippen molar-refractivity contribution >= 4 is 35.0 Å². The Kier molecular flexibility index (Phi) is 6.69. The van der Waals surface area contributed by atoms with Crippen LogP contribution in [-0.4, -0.2) is 32.5 Å². The summed E-state index contributed by atoms with van der Waals surface area (Å²) >= 11 is 13.7. The van der Waals surface area contributed by atoms with Gasteiger partial charge in [0.05, 0.1) is 5.69 Å². The van der Waals surface area contributed by atoms with Gasteiger partial charge in [-0.25, -0.2) is 0 Å². The Morgan fingerprint density at radius 3 is 2.72 bits per heavy atom. The molecule has 0 unspecified atom stereocenters. The molecule has 0 radical (unpaired) electrons. The number of hydrogen-bond donors (Lipinski definition) is 1. The van der Waals surface area contributed by atoms with Crippen LogP contribution in [0.4, 0.5) is 0 Å². The van der Waals surface area contributed by atoms with Crippen molar-refractivity contribution in [3.8, 4) is 5.69 Å². The number of nitrogens with zero attached hydrogens (tertiary/aromatic N) is 4. The van der Waals surface area contributed by atoms with Crippen LogP contribution in [0.1, 0.15) is 12.0 Å². The Morgan fingerprint density at radius 2 is 1.92 bits per heavy atom. The van der Waals surface area contributed by atoms with Crippen molar-refractivity contribution in [1.29, 1.82) is 0 Å². The predicted molar refractivity (Wildman–Crippen MR) is 103 cm³/mol. The van der Waals surface area contributed by atoms with Crippen molar-refractivity contribution in [1.82, 2.24) is 25.5 Å². The monoisotopic (exact) mass is 393 g/mol. The summed E-state index contributed by atoms with van der Waals surface area (Å²) in [7, 11) is 0. The molecule has 0 aliphatic carbocycles. The second kappa shape index (κ2) is 9.20. The zero-order valence-electron chi connectivity index (χ0n) is 13.4. The molecule has 0 bridgehead atoms. The first-order valence-corrected chi connectivity index (χ1v) is 9.59. The second-order valence-corrected chi connectivity index (χ2v) is 7.23. The Bertz CT molecular complexity index is 810. The third kappa shape index (κ3) is 5.19. The molecular formula is C17H17Cl2N5S.